The summed E-state index contributed by atoms with van der Waals surface area (Å²) < 4.78 is 0. The highest BCUT2D eigenvalue weighted by Gasteiger charge is 2.10. The van der Waals surface area contributed by atoms with Crippen LogP contribution < -0.4 is 11.5 Å². The summed E-state index contributed by atoms with van der Waals surface area (Å²) in [5.74, 6) is -0.0932. The zero-order valence-electron chi connectivity index (χ0n) is 9.92. The molecule has 0 unspecified atom stereocenters. The third kappa shape index (κ3) is 5.19. The van der Waals surface area contributed by atoms with Crippen LogP contribution >= 0.6 is 23.1 Å². The molecule has 0 saturated heterocycles. The number of thiophene rings is 1. The summed E-state index contributed by atoms with van der Waals surface area (Å²) in [7, 11) is 1.73. The number of aliphatic imine (C=N–C) groups is 1. The van der Waals surface area contributed by atoms with Gasteiger partial charge < -0.3 is 16.4 Å². The largest absolute Gasteiger partial charge is 0.370 e. The number of amidine groups is 1. The van der Waals surface area contributed by atoms with Gasteiger partial charge in [-0.05, 0) is 22.4 Å². The van der Waals surface area contributed by atoms with E-state index in [2.05, 4.69) is 4.99 Å². The number of carbonyl (C=O) groups excluding carboxylic acids is 1. The molecule has 5 N–H and O–H groups in total. The minimum absolute atomic E-state index is 0.0627. The van der Waals surface area contributed by atoms with Gasteiger partial charge in [0.1, 0.15) is 0 Å². The topological polar surface area (TPSA) is 109 Å². The van der Waals surface area contributed by atoms with E-state index in [1.165, 1.54) is 0 Å². The lowest BCUT2D eigenvalue weighted by Crippen LogP contribution is -2.28. The maximum absolute atomic E-state index is 11.8. The van der Waals surface area contributed by atoms with E-state index >= 15 is 0 Å². The number of nitrogens with two attached hydrogens (primary N) is 2. The van der Waals surface area contributed by atoms with Crippen molar-refractivity contribution in [1.82, 2.24) is 4.90 Å². The molecule has 0 bridgehead atoms. The first-order valence-electron chi connectivity index (χ1n) is 5.05. The Morgan fingerprint density at radius 1 is 1.61 bits per heavy atom. The number of thioether (sulfide) groups is 1. The maximum Gasteiger partial charge on any atom is 0.233 e. The Kier molecular flexibility index (Phi) is 5.66. The lowest BCUT2D eigenvalue weighted by atomic mass is 10.3. The fourth-order valence-corrected chi connectivity index (χ4v) is 2.44. The molecule has 8 heteroatoms. The highest BCUT2D eigenvalue weighted by molar-refractivity contribution is 8.14. The second-order valence-corrected chi connectivity index (χ2v) is 5.26. The van der Waals surface area contributed by atoms with Gasteiger partial charge in [0, 0.05) is 13.6 Å². The molecule has 0 spiro atoms. The molecule has 0 atom stereocenters. The minimum Gasteiger partial charge on any atom is -0.370 e. The summed E-state index contributed by atoms with van der Waals surface area (Å²) in [5.41, 5.74) is 11.4. The van der Waals surface area contributed by atoms with Crippen molar-refractivity contribution >= 4 is 40.1 Å². The van der Waals surface area contributed by atoms with E-state index in [0.29, 0.717) is 6.54 Å². The Hall–Kier alpha value is -1.54. The Morgan fingerprint density at radius 3 is 2.89 bits per heavy atom. The average Bonchev–Trinajstić information content (AvgIpc) is 2.77. The molecule has 0 aromatic carbocycles. The first-order chi connectivity index (χ1) is 8.49. The fraction of sp³-hybridized carbons (Fsp3) is 0.300. The Labute approximate surface area is 114 Å². The van der Waals surface area contributed by atoms with Crippen molar-refractivity contribution in [3.8, 4) is 0 Å². The Balaban J connectivity index is 2.36. The number of nitrogens with one attached hydrogen (secondary N) is 1. The van der Waals surface area contributed by atoms with Crippen molar-refractivity contribution in [2.75, 3.05) is 12.8 Å². The minimum atomic E-state index is -0.174. The quantitative estimate of drug-likeness (QED) is 0.557. The molecule has 6 nitrogen and oxygen atoms in total. The predicted molar refractivity (Wildman–Crippen MR) is 76.8 cm³/mol. The molecule has 98 valence electrons. The van der Waals surface area contributed by atoms with Crippen LogP contribution in [0, 0.1) is 5.41 Å². The molecule has 1 heterocycles. The molecular formula is C10H15N5OS2. The Bertz CT molecular complexity index is 439. The second kappa shape index (κ2) is 7.02. The lowest BCUT2D eigenvalue weighted by Gasteiger charge is -2.15. The number of hydrogen-bond acceptors (Lipinski definition) is 4. The van der Waals surface area contributed by atoms with E-state index < -0.39 is 0 Å². The summed E-state index contributed by atoms with van der Waals surface area (Å²) in [6.45, 7) is 0.568. The molecule has 0 aliphatic heterocycles. The molecular weight excluding hydrogens is 270 g/mol. The predicted octanol–water partition coefficient (Wildman–Crippen LogP) is 0.648. The molecule has 0 radical (unpaired) electrons. The molecule has 1 aromatic rings. The van der Waals surface area contributed by atoms with Crippen molar-refractivity contribution in [2.45, 2.75) is 6.54 Å². The molecule has 0 saturated carbocycles. The fourth-order valence-electron chi connectivity index (χ4n) is 1.13. The van der Waals surface area contributed by atoms with Crippen LogP contribution in [0.4, 0.5) is 0 Å². The van der Waals surface area contributed by atoms with Gasteiger partial charge >= 0.3 is 0 Å². The molecule has 1 rings (SSSR count). The molecule has 18 heavy (non-hydrogen) atoms. The van der Waals surface area contributed by atoms with Gasteiger partial charge in [-0.3, -0.25) is 10.2 Å². The summed E-state index contributed by atoms with van der Waals surface area (Å²) in [4.78, 5) is 16.9. The summed E-state index contributed by atoms with van der Waals surface area (Å²) in [5, 5.41) is 11.3. The number of guanidine groups is 1. The number of nitrogens with zero attached hydrogens (tertiary/aromatic N) is 2. The molecule has 1 aromatic heterocycles. The number of rotatable bonds is 4. The van der Waals surface area contributed by atoms with Crippen LogP contribution in [-0.4, -0.2) is 34.7 Å². The monoisotopic (exact) mass is 285 g/mol. The van der Waals surface area contributed by atoms with Gasteiger partial charge in [-0.15, -0.1) is 0 Å². The van der Waals surface area contributed by atoms with E-state index in [1.54, 1.807) is 23.3 Å². The van der Waals surface area contributed by atoms with Crippen molar-refractivity contribution in [3.05, 3.63) is 22.4 Å². The average molecular weight is 285 g/mol. The van der Waals surface area contributed by atoms with E-state index in [1.807, 2.05) is 16.8 Å². The zero-order valence-corrected chi connectivity index (χ0v) is 11.6. The van der Waals surface area contributed by atoms with Crippen LogP contribution in [0.5, 0.6) is 0 Å². The lowest BCUT2D eigenvalue weighted by molar-refractivity contribution is -0.127. The van der Waals surface area contributed by atoms with Crippen LogP contribution in [0.25, 0.3) is 0 Å². The number of amides is 1. The normalized spacial score (nSPS) is 9.83. The zero-order chi connectivity index (χ0) is 13.5. The molecule has 0 fully saturated rings. The van der Waals surface area contributed by atoms with Crippen LogP contribution in [-0.2, 0) is 11.3 Å². The van der Waals surface area contributed by atoms with Crippen molar-refractivity contribution in [1.29, 1.82) is 5.41 Å². The van der Waals surface area contributed by atoms with E-state index in [9.17, 15) is 4.79 Å². The maximum atomic E-state index is 11.8. The van der Waals surface area contributed by atoms with Crippen LogP contribution in [0.15, 0.2) is 21.8 Å². The first kappa shape index (κ1) is 14.5. The van der Waals surface area contributed by atoms with Gasteiger partial charge in [-0.2, -0.15) is 16.3 Å². The second-order valence-electron chi connectivity index (χ2n) is 3.51. The Morgan fingerprint density at radius 2 is 2.33 bits per heavy atom. The first-order valence-corrected chi connectivity index (χ1v) is 6.98. The van der Waals surface area contributed by atoms with Crippen LogP contribution in [0.2, 0.25) is 0 Å². The SMILES string of the molecule is CN(Cc1ccsc1)C(=O)CSC(=N)N=C(N)N. The van der Waals surface area contributed by atoms with Gasteiger partial charge in [0.15, 0.2) is 11.1 Å². The van der Waals surface area contributed by atoms with Gasteiger partial charge in [-0.1, -0.05) is 11.8 Å². The van der Waals surface area contributed by atoms with Gasteiger partial charge in [0.2, 0.25) is 5.91 Å². The van der Waals surface area contributed by atoms with Crippen molar-refractivity contribution in [2.24, 2.45) is 16.5 Å². The van der Waals surface area contributed by atoms with Gasteiger partial charge in [0.25, 0.3) is 0 Å². The summed E-state index contributed by atoms with van der Waals surface area (Å²) >= 11 is 2.60. The van der Waals surface area contributed by atoms with Crippen molar-refractivity contribution < 1.29 is 4.79 Å². The molecule has 1 amide bonds. The molecule has 0 aliphatic rings. The standard InChI is InChI=1S/C10H15N5OS2/c1-15(4-7-2-3-17-5-7)8(16)6-18-10(13)14-9(11)12/h2-3,5H,4,6H2,1H3,(H5,11,12,13,14). The van der Waals surface area contributed by atoms with Gasteiger partial charge in [-0.25, -0.2) is 0 Å². The number of hydrogen-bond donors (Lipinski definition) is 3. The molecule has 0 aliphatic carbocycles. The summed E-state index contributed by atoms with van der Waals surface area (Å²) in [6.07, 6.45) is 0. The van der Waals surface area contributed by atoms with E-state index in [0.717, 1.165) is 17.3 Å². The van der Waals surface area contributed by atoms with Gasteiger partial charge in [0.05, 0.1) is 5.75 Å². The smallest absolute Gasteiger partial charge is 0.233 e. The van der Waals surface area contributed by atoms with Crippen LogP contribution in [0.3, 0.4) is 0 Å². The van der Waals surface area contributed by atoms with E-state index in [4.69, 9.17) is 16.9 Å². The highest BCUT2D eigenvalue weighted by Crippen LogP contribution is 2.10. The van der Waals surface area contributed by atoms with Crippen molar-refractivity contribution in [3.63, 3.8) is 0 Å². The third-order valence-corrected chi connectivity index (χ3v) is 3.48. The van der Waals surface area contributed by atoms with E-state index in [-0.39, 0.29) is 22.8 Å². The summed E-state index contributed by atoms with van der Waals surface area (Å²) in [6, 6.07) is 1.98. The third-order valence-electron chi connectivity index (χ3n) is 1.99. The number of carbonyl (C=O) groups is 1. The van der Waals surface area contributed by atoms with Crippen LogP contribution in [0.1, 0.15) is 5.56 Å². The highest BCUT2D eigenvalue weighted by atomic mass is 32.2.